The van der Waals surface area contributed by atoms with Crippen LogP contribution in [0.4, 0.5) is 0 Å². The first-order chi connectivity index (χ1) is 26.3. The van der Waals surface area contributed by atoms with Gasteiger partial charge in [0, 0.05) is 0 Å². The summed E-state index contributed by atoms with van der Waals surface area (Å²) in [5, 5.41) is 5.46. The summed E-state index contributed by atoms with van der Waals surface area (Å²) in [6, 6.07) is 40.4. The van der Waals surface area contributed by atoms with E-state index in [0.717, 1.165) is 0 Å². The van der Waals surface area contributed by atoms with Gasteiger partial charge in [0.2, 0.25) is 0 Å². The van der Waals surface area contributed by atoms with Gasteiger partial charge in [-0.2, -0.15) is 12.1 Å². The van der Waals surface area contributed by atoms with Gasteiger partial charge in [-0.3, -0.25) is 0 Å². The predicted octanol–water partition coefficient (Wildman–Crippen LogP) is 16.7. The fourth-order valence-corrected chi connectivity index (χ4v) is 15.5. The molecule has 0 saturated carbocycles. The Kier molecular flexibility index (Phi) is 17.8. The van der Waals surface area contributed by atoms with Gasteiger partial charge in [0.05, 0.1) is 0 Å². The van der Waals surface area contributed by atoms with Crippen LogP contribution in [0.25, 0.3) is 43.8 Å². The maximum absolute atomic E-state index is 5.98. The van der Waals surface area contributed by atoms with Gasteiger partial charge < -0.3 is 4.14 Å². The second-order valence-corrected chi connectivity index (χ2v) is 33.7. The number of hydrogen-bond acceptors (Lipinski definition) is 1. The van der Waals surface area contributed by atoms with E-state index >= 15 is 0 Å². The third-order valence-corrected chi connectivity index (χ3v) is 17.3. The zero-order chi connectivity index (χ0) is 43.1. The quantitative estimate of drug-likeness (QED) is 0.119. The van der Waals surface area contributed by atoms with E-state index in [1.807, 2.05) is 0 Å². The number of halogens is 2. The van der Waals surface area contributed by atoms with E-state index in [9.17, 15) is 0 Å². The molecule has 0 bridgehead atoms. The van der Waals surface area contributed by atoms with E-state index < -0.39 is 37.3 Å². The number of benzene rings is 4. The fraction of sp³-hybridized carbons (Fsp3) is 0.400. The van der Waals surface area contributed by atoms with Crippen LogP contribution in [-0.2, 0) is 31.7 Å². The Balaban J connectivity index is 0.000000236. The van der Waals surface area contributed by atoms with Crippen LogP contribution in [0.15, 0.2) is 109 Å². The van der Waals surface area contributed by atoms with E-state index in [4.69, 9.17) is 25.0 Å². The number of hydrogen-bond donors (Lipinski definition) is 0. The Morgan fingerprint density at radius 3 is 1.09 bits per heavy atom. The van der Waals surface area contributed by atoms with Gasteiger partial charge >= 0.3 is 37.9 Å². The first-order valence-electron chi connectivity index (χ1n) is 20.4. The van der Waals surface area contributed by atoms with Gasteiger partial charge in [-0.1, -0.05) is 180 Å². The maximum atomic E-state index is 5.98. The van der Waals surface area contributed by atoms with Crippen LogP contribution in [0.2, 0.25) is 39.3 Å². The molecule has 302 valence electrons. The molecule has 0 aliphatic carbocycles. The van der Waals surface area contributed by atoms with Gasteiger partial charge in [0.15, 0.2) is 7.98 Å². The predicted molar refractivity (Wildman–Crippen MR) is 262 cm³/mol. The molecule has 0 spiro atoms. The summed E-state index contributed by atoms with van der Waals surface area (Å²) in [6.07, 6.45) is 0. The molecule has 6 aromatic rings. The summed E-state index contributed by atoms with van der Waals surface area (Å²) >= 11 is -0.826. The van der Waals surface area contributed by atoms with Crippen molar-refractivity contribution in [2.45, 2.75) is 131 Å². The van der Waals surface area contributed by atoms with Crippen LogP contribution < -0.4 is 0 Å². The topological polar surface area (TPSA) is 3.24 Å². The van der Waals surface area contributed by atoms with E-state index in [-0.39, 0.29) is 10.8 Å². The van der Waals surface area contributed by atoms with Crippen molar-refractivity contribution in [3.8, 4) is 22.3 Å². The second-order valence-electron chi connectivity index (χ2n) is 19.9. The molecular weight excluding hydrogens is 844 g/mol. The summed E-state index contributed by atoms with van der Waals surface area (Å²) in [4.78, 5) is 0. The third-order valence-electron chi connectivity index (χ3n) is 10.4. The minimum atomic E-state index is -1.22. The Morgan fingerprint density at radius 2 is 0.825 bits per heavy atom. The van der Waals surface area contributed by atoms with Crippen molar-refractivity contribution in [2.75, 3.05) is 0 Å². The Hall–Kier alpha value is -1.98. The van der Waals surface area contributed by atoms with Crippen LogP contribution in [0.1, 0.15) is 103 Å². The van der Waals surface area contributed by atoms with Crippen LogP contribution in [0.3, 0.4) is 0 Å². The Bertz CT molecular complexity index is 2020. The molecule has 6 aromatic carbocycles. The minimum absolute atomic E-state index is 0.145. The molecule has 57 heavy (non-hydrogen) atoms. The van der Waals surface area contributed by atoms with Gasteiger partial charge in [0.25, 0.3) is 0 Å². The first-order valence-corrected chi connectivity index (χ1v) is 33.6. The molecule has 0 atom stereocenters. The molecule has 0 N–H and O–H groups in total. The van der Waals surface area contributed by atoms with Gasteiger partial charge in [-0.25, -0.2) is 0 Å². The standard InChI is InChI=1S/2C22H25.C6H18BNSi2.2ClH.Zr/c2*1-15(2)17-13-16-9-8-11-18(20(16)14-17)19-10-6-7-12-21(19)22(3,4)5;1-9(2,3)8(7)10(4,5)6;;;/h2*6-15H,1-5H3;1-6H3;2*1H;/q2*-1;;;;+4/p-2. The van der Waals surface area contributed by atoms with Gasteiger partial charge in [-0.15, -0.1) is 69.1 Å². The van der Waals surface area contributed by atoms with Crippen LogP contribution in [0, 0.1) is 0 Å². The van der Waals surface area contributed by atoms with Crippen molar-refractivity contribution in [1.82, 2.24) is 4.14 Å². The average molecular weight is 912 g/mol. The molecule has 0 unspecified atom stereocenters. The molecule has 0 fully saturated rings. The van der Waals surface area contributed by atoms with Crippen LogP contribution >= 0.6 is 17.0 Å². The molecule has 2 radical (unpaired) electrons. The molecule has 6 rings (SSSR count). The number of fused-ring (bicyclic) bond motifs is 2. The van der Waals surface area contributed by atoms with E-state index in [1.54, 1.807) is 0 Å². The fourth-order valence-electron chi connectivity index (χ4n) is 7.40. The Labute approximate surface area is 370 Å². The van der Waals surface area contributed by atoms with Crippen LogP contribution in [0.5, 0.6) is 0 Å². The normalized spacial score (nSPS) is 12.2. The molecular formula is C50H68BCl2NSi2Zr. The molecule has 0 aliphatic heterocycles. The molecule has 0 saturated heterocycles. The summed E-state index contributed by atoms with van der Waals surface area (Å²) < 4.78 is 2.15. The summed E-state index contributed by atoms with van der Waals surface area (Å²) in [5.41, 5.74) is 11.4. The number of rotatable bonds is 6. The van der Waals surface area contributed by atoms with Gasteiger partial charge in [-0.05, 0) is 44.9 Å². The van der Waals surface area contributed by atoms with Crippen molar-refractivity contribution < 1.29 is 20.8 Å². The second kappa shape index (κ2) is 20.5. The zero-order valence-electron chi connectivity index (χ0n) is 37.8. The summed E-state index contributed by atoms with van der Waals surface area (Å²) in [6.45, 7) is 36.5. The molecule has 0 aromatic heterocycles. The zero-order valence-corrected chi connectivity index (χ0v) is 43.8. The molecule has 1 nitrogen and oxygen atoms in total. The van der Waals surface area contributed by atoms with E-state index in [1.165, 1.54) is 66.1 Å². The summed E-state index contributed by atoms with van der Waals surface area (Å²) in [7, 11) is 13.4. The van der Waals surface area contributed by atoms with E-state index in [0.29, 0.717) is 11.8 Å². The number of nitrogens with zero attached hydrogens (tertiary/aromatic N) is 1. The third kappa shape index (κ3) is 13.5. The monoisotopic (exact) mass is 909 g/mol. The molecule has 0 heterocycles. The van der Waals surface area contributed by atoms with Crippen molar-refractivity contribution >= 4 is 63.0 Å². The van der Waals surface area contributed by atoms with Crippen molar-refractivity contribution in [1.29, 1.82) is 0 Å². The van der Waals surface area contributed by atoms with Gasteiger partial charge in [0.1, 0.15) is 16.5 Å². The van der Waals surface area contributed by atoms with Crippen molar-refractivity contribution in [3.05, 3.63) is 131 Å². The molecule has 0 amide bonds. The first kappa shape index (κ1) is 49.4. The summed E-state index contributed by atoms with van der Waals surface area (Å²) in [5.74, 6) is 1.14. The van der Waals surface area contributed by atoms with Crippen LogP contribution in [-0.4, -0.2) is 28.6 Å². The van der Waals surface area contributed by atoms with Crippen molar-refractivity contribution in [2.24, 2.45) is 0 Å². The SMILES string of the molecule is CC(C)c1cc2c(-c3ccccc3C(C)(C)C)cccc2[cH-]1.CC(C)c1cc2c(-c3ccccc3C(C)(C)C)cccc2[cH-]1.[B]N([Si](C)(C)C)[Si](C)(C)C.[Cl][Zr+2][Cl]. The van der Waals surface area contributed by atoms with E-state index in [2.05, 4.69) is 222 Å². The molecule has 7 heteroatoms. The average Bonchev–Trinajstić information content (AvgIpc) is 3.76. The van der Waals surface area contributed by atoms with Crippen molar-refractivity contribution in [3.63, 3.8) is 0 Å². The molecule has 0 aliphatic rings. The Morgan fingerprint density at radius 1 is 0.526 bits per heavy atom.